The van der Waals surface area contributed by atoms with Crippen LogP contribution in [0.4, 0.5) is 0 Å². The number of carbonyl (C=O) groups is 2. The summed E-state index contributed by atoms with van der Waals surface area (Å²) in [7, 11) is 0. The van der Waals surface area contributed by atoms with Crippen LogP contribution in [0.2, 0.25) is 0 Å². The van der Waals surface area contributed by atoms with Crippen LogP contribution in [0.5, 0.6) is 0 Å². The van der Waals surface area contributed by atoms with Gasteiger partial charge in [-0.1, -0.05) is 0 Å². The summed E-state index contributed by atoms with van der Waals surface area (Å²) in [6, 6.07) is 6.46. The van der Waals surface area contributed by atoms with E-state index in [0.29, 0.717) is 11.3 Å². The molecule has 1 N–H and O–H groups in total. The van der Waals surface area contributed by atoms with E-state index in [1.807, 2.05) is 0 Å². The maximum atomic E-state index is 12.2. The first-order chi connectivity index (χ1) is 8.68. The molecule has 0 saturated heterocycles. The molecule has 0 bridgehead atoms. The maximum absolute atomic E-state index is 12.2. The lowest BCUT2D eigenvalue weighted by Crippen LogP contribution is -2.16. The number of carboxylic acid groups (broad SMARTS) is 1. The first-order valence-corrected chi connectivity index (χ1v) is 5.38. The molecule has 0 fully saturated rings. The second kappa shape index (κ2) is 5.27. The van der Waals surface area contributed by atoms with Crippen molar-refractivity contribution in [1.82, 2.24) is 4.98 Å². The van der Waals surface area contributed by atoms with Crippen LogP contribution in [-0.4, -0.2) is 21.8 Å². The van der Waals surface area contributed by atoms with Gasteiger partial charge in [-0.3, -0.25) is 14.6 Å². The molecule has 0 radical (unpaired) electrons. The Bertz CT molecular complexity index is 533. The highest BCUT2D eigenvalue weighted by atomic mass is 16.4. The van der Waals surface area contributed by atoms with Gasteiger partial charge in [0.2, 0.25) is 0 Å². The Labute approximate surface area is 103 Å². The quantitative estimate of drug-likeness (QED) is 0.816. The molecule has 1 atom stereocenters. The number of carbonyl (C=O) groups excluding carboxylic acids is 1. The minimum absolute atomic E-state index is 0.304. The molecule has 18 heavy (non-hydrogen) atoms. The van der Waals surface area contributed by atoms with Crippen molar-refractivity contribution < 1.29 is 19.1 Å². The number of ketones is 1. The number of pyridine rings is 1. The van der Waals surface area contributed by atoms with Crippen LogP contribution in [0.15, 0.2) is 47.3 Å². The predicted molar refractivity (Wildman–Crippen MR) is 62.3 cm³/mol. The SMILES string of the molecule is O=C(O)CC(C(=O)c1cccnc1)c1ccco1. The number of rotatable bonds is 5. The predicted octanol–water partition coefficient (Wildman–Crippen LogP) is 2.12. The molecule has 0 aromatic carbocycles. The third kappa shape index (κ3) is 2.63. The summed E-state index contributed by atoms with van der Waals surface area (Å²) < 4.78 is 5.13. The molecule has 0 aliphatic rings. The molecule has 2 heterocycles. The van der Waals surface area contributed by atoms with Crippen LogP contribution in [0.1, 0.15) is 28.5 Å². The average Bonchev–Trinajstić information content (AvgIpc) is 2.89. The van der Waals surface area contributed by atoms with Gasteiger partial charge in [-0.2, -0.15) is 0 Å². The van der Waals surface area contributed by atoms with Crippen LogP contribution in [0.25, 0.3) is 0 Å². The van der Waals surface area contributed by atoms with Gasteiger partial charge in [0.25, 0.3) is 0 Å². The van der Waals surface area contributed by atoms with Gasteiger partial charge in [0.05, 0.1) is 18.6 Å². The van der Waals surface area contributed by atoms with Gasteiger partial charge in [-0.25, -0.2) is 0 Å². The fourth-order valence-corrected chi connectivity index (χ4v) is 1.70. The lowest BCUT2D eigenvalue weighted by atomic mass is 9.93. The molecule has 5 nitrogen and oxygen atoms in total. The highest BCUT2D eigenvalue weighted by Gasteiger charge is 2.27. The molecule has 0 aliphatic carbocycles. The molecule has 5 heteroatoms. The summed E-state index contributed by atoms with van der Waals surface area (Å²) in [5.41, 5.74) is 0.375. The van der Waals surface area contributed by atoms with Gasteiger partial charge in [-0.05, 0) is 24.3 Å². The molecule has 92 valence electrons. The number of nitrogens with zero attached hydrogens (tertiary/aromatic N) is 1. The molecule has 0 saturated carbocycles. The summed E-state index contributed by atoms with van der Waals surface area (Å²) >= 11 is 0. The summed E-state index contributed by atoms with van der Waals surface area (Å²) in [6.07, 6.45) is 4.08. The summed E-state index contributed by atoms with van der Waals surface area (Å²) in [5.74, 6) is -1.82. The third-order valence-electron chi connectivity index (χ3n) is 2.53. The molecule has 2 aromatic heterocycles. The van der Waals surface area contributed by atoms with E-state index in [1.54, 1.807) is 30.5 Å². The van der Waals surface area contributed by atoms with E-state index in [0.717, 1.165) is 0 Å². The van der Waals surface area contributed by atoms with Crippen molar-refractivity contribution in [3.8, 4) is 0 Å². The van der Waals surface area contributed by atoms with Crippen molar-refractivity contribution in [2.24, 2.45) is 0 Å². The smallest absolute Gasteiger partial charge is 0.304 e. The zero-order valence-electron chi connectivity index (χ0n) is 9.45. The minimum atomic E-state index is -1.05. The van der Waals surface area contributed by atoms with Crippen molar-refractivity contribution in [1.29, 1.82) is 0 Å². The van der Waals surface area contributed by atoms with E-state index in [4.69, 9.17) is 9.52 Å². The van der Waals surface area contributed by atoms with Crippen LogP contribution < -0.4 is 0 Å². The third-order valence-corrected chi connectivity index (χ3v) is 2.53. The number of hydrogen-bond donors (Lipinski definition) is 1. The van der Waals surface area contributed by atoms with E-state index < -0.39 is 11.9 Å². The van der Waals surface area contributed by atoms with Gasteiger partial charge in [-0.15, -0.1) is 0 Å². The first-order valence-electron chi connectivity index (χ1n) is 5.38. The van der Waals surface area contributed by atoms with Gasteiger partial charge in [0.1, 0.15) is 5.76 Å². The maximum Gasteiger partial charge on any atom is 0.304 e. The number of aliphatic carboxylic acids is 1. The fraction of sp³-hybridized carbons (Fsp3) is 0.154. The fourth-order valence-electron chi connectivity index (χ4n) is 1.70. The van der Waals surface area contributed by atoms with Crippen molar-refractivity contribution in [2.75, 3.05) is 0 Å². The van der Waals surface area contributed by atoms with Crippen LogP contribution in [0, 0.1) is 0 Å². The van der Waals surface area contributed by atoms with E-state index in [9.17, 15) is 9.59 Å². The van der Waals surface area contributed by atoms with Crippen molar-refractivity contribution >= 4 is 11.8 Å². The highest BCUT2D eigenvalue weighted by Crippen LogP contribution is 2.24. The summed E-state index contributed by atoms with van der Waals surface area (Å²) in [6.45, 7) is 0. The molecular weight excluding hydrogens is 234 g/mol. The van der Waals surface area contributed by atoms with Gasteiger partial charge in [0.15, 0.2) is 5.78 Å². The summed E-state index contributed by atoms with van der Waals surface area (Å²) in [4.78, 5) is 26.9. The Morgan fingerprint density at radius 1 is 1.33 bits per heavy atom. The molecule has 2 aromatic rings. The zero-order chi connectivity index (χ0) is 13.0. The minimum Gasteiger partial charge on any atom is -0.481 e. The Morgan fingerprint density at radius 2 is 2.17 bits per heavy atom. The summed E-state index contributed by atoms with van der Waals surface area (Å²) in [5, 5.41) is 8.87. The topological polar surface area (TPSA) is 80.4 Å². The molecular formula is C13H11NO4. The van der Waals surface area contributed by atoms with E-state index >= 15 is 0 Å². The van der Waals surface area contributed by atoms with Crippen molar-refractivity contribution in [3.63, 3.8) is 0 Å². The normalized spacial score (nSPS) is 12.0. The Balaban J connectivity index is 2.30. The first kappa shape index (κ1) is 12.0. The van der Waals surface area contributed by atoms with Gasteiger partial charge in [0, 0.05) is 18.0 Å². The van der Waals surface area contributed by atoms with Gasteiger partial charge >= 0.3 is 5.97 Å². The number of Topliss-reactive ketones (excluding diaryl/α,β-unsaturated/α-hetero) is 1. The number of hydrogen-bond acceptors (Lipinski definition) is 4. The molecule has 0 amide bonds. The highest BCUT2D eigenvalue weighted by molar-refractivity contribution is 6.01. The van der Waals surface area contributed by atoms with Gasteiger partial charge < -0.3 is 9.52 Å². The van der Waals surface area contributed by atoms with Crippen molar-refractivity contribution in [3.05, 3.63) is 54.2 Å². The van der Waals surface area contributed by atoms with E-state index in [-0.39, 0.29) is 12.2 Å². The Morgan fingerprint density at radius 3 is 2.72 bits per heavy atom. The average molecular weight is 245 g/mol. The van der Waals surface area contributed by atoms with Crippen LogP contribution in [-0.2, 0) is 4.79 Å². The monoisotopic (exact) mass is 245 g/mol. The van der Waals surface area contributed by atoms with Crippen LogP contribution >= 0.6 is 0 Å². The molecule has 0 aliphatic heterocycles. The van der Waals surface area contributed by atoms with E-state index in [2.05, 4.69) is 4.98 Å². The Kier molecular flexibility index (Phi) is 3.52. The number of aromatic nitrogens is 1. The van der Waals surface area contributed by atoms with Crippen LogP contribution in [0.3, 0.4) is 0 Å². The molecule has 1 unspecified atom stereocenters. The second-order valence-electron chi connectivity index (χ2n) is 3.77. The number of carboxylic acids is 1. The Hall–Kier alpha value is -2.43. The number of furan rings is 1. The largest absolute Gasteiger partial charge is 0.481 e. The van der Waals surface area contributed by atoms with E-state index in [1.165, 1.54) is 12.5 Å². The zero-order valence-corrected chi connectivity index (χ0v) is 9.45. The van der Waals surface area contributed by atoms with Crippen molar-refractivity contribution in [2.45, 2.75) is 12.3 Å². The standard InChI is InChI=1S/C13H11NO4/c15-12(16)7-10(11-4-2-6-18-11)13(17)9-3-1-5-14-8-9/h1-6,8,10H,7H2,(H,15,16). The molecule has 2 rings (SSSR count). The second-order valence-corrected chi connectivity index (χ2v) is 3.77. The molecule has 0 spiro atoms. The lowest BCUT2D eigenvalue weighted by Gasteiger charge is -2.10. The lowest BCUT2D eigenvalue weighted by molar-refractivity contribution is -0.137.